The lowest BCUT2D eigenvalue weighted by Crippen LogP contribution is -2.25. The maximum atomic E-state index is 15.0. The number of rotatable bonds is 5. The Labute approximate surface area is 186 Å². The minimum Gasteiger partial charge on any atom is -0.478 e. The molecule has 1 aliphatic rings. The molecule has 0 saturated heterocycles. The zero-order valence-electron chi connectivity index (χ0n) is 16.1. The fourth-order valence-corrected chi connectivity index (χ4v) is 3.83. The Morgan fingerprint density at radius 3 is 2.00 bits per heavy atom. The van der Waals surface area contributed by atoms with Crippen molar-refractivity contribution in [1.82, 2.24) is 0 Å². The van der Waals surface area contributed by atoms with Gasteiger partial charge < -0.3 is 9.84 Å². The van der Waals surface area contributed by atoms with E-state index in [0.29, 0.717) is 16.7 Å². The molecule has 4 nitrogen and oxygen atoms in total. The third-order valence-corrected chi connectivity index (χ3v) is 5.50. The molecule has 31 heavy (non-hydrogen) atoms. The number of carboxylic acids is 1. The SMILES string of the molecule is O=C(O)C1=C(F)OC(c2ccccc2)=C(C(=O)c2ccccc2)C1c1ccc(Br)cc1. The van der Waals surface area contributed by atoms with Gasteiger partial charge in [-0.1, -0.05) is 88.7 Å². The van der Waals surface area contributed by atoms with E-state index < -0.39 is 29.3 Å². The zero-order chi connectivity index (χ0) is 22.0. The summed E-state index contributed by atoms with van der Waals surface area (Å²) in [4.78, 5) is 25.7. The van der Waals surface area contributed by atoms with Crippen LogP contribution in [0, 0.1) is 0 Å². The summed E-state index contributed by atoms with van der Waals surface area (Å²) in [6, 6.07) is 22.6. The number of carbonyl (C=O) groups excluding carboxylic acids is 1. The summed E-state index contributed by atoms with van der Waals surface area (Å²) in [5.74, 6) is -3.07. The predicted molar refractivity (Wildman–Crippen MR) is 118 cm³/mol. The largest absolute Gasteiger partial charge is 0.478 e. The predicted octanol–water partition coefficient (Wildman–Crippen LogP) is 6.12. The average Bonchev–Trinajstić information content (AvgIpc) is 2.79. The highest BCUT2D eigenvalue weighted by Gasteiger charge is 2.41. The van der Waals surface area contributed by atoms with E-state index in [1.165, 1.54) is 0 Å². The second-order valence-electron chi connectivity index (χ2n) is 6.88. The number of aliphatic carboxylic acids is 1. The van der Waals surface area contributed by atoms with E-state index in [4.69, 9.17) is 4.74 Å². The van der Waals surface area contributed by atoms with Crippen molar-refractivity contribution in [1.29, 1.82) is 0 Å². The van der Waals surface area contributed by atoms with Crippen LogP contribution in [0.15, 0.2) is 107 Å². The molecule has 154 valence electrons. The Kier molecular flexibility index (Phi) is 5.82. The number of benzene rings is 3. The van der Waals surface area contributed by atoms with E-state index in [9.17, 15) is 14.7 Å². The molecule has 1 heterocycles. The summed E-state index contributed by atoms with van der Waals surface area (Å²) in [7, 11) is 0. The smallest absolute Gasteiger partial charge is 0.338 e. The molecule has 0 fully saturated rings. The Morgan fingerprint density at radius 2 is 1.42 bits per heavy atom. The van der Waals surface area contributed by atoms with Crippen LogP contribution in [-0.4, -0.2) is 16.9 Å². The van der Waals surface area contributed by atoms with Gasteiger partial charge in [0.1, 0.15) is 11.3 Å². The molecule has 0 saturated carbocycles. The molecule has 1 aliphatic heterocycles. The van der Waals surface area contributed by atoms with Gasteiger partial charge in [-0.25, -0.2) is 4.79 Å². The third-order valence-electron chi connectivity index (χ3n) is 4.98. The monoisotopic (exact) mass is 478 g/mol. The maximum absolute atomic E-state index is 15.0. The molecule has 0 aromatic heterocycles. The van der Waals surface area contributed by atoms with Gasteiger partial charge in [0.25, 0.3) is 6.01 Å². The summed E-state index contributed by atoms with van der Waals surface area (Å²) >= 11 is 3.35. The fourth-order valence-electron chi connectivity index (χ4n) is 3.57. The van der Waals surface area contributed by atoms with Crippen LogP contribution in [0.5, 0.6) is 0 Å². The molecule has 0 spiro atoms. The van der Waals surface area contributed by atoms with Crippen LogP contribution in [0.1, 0.15) is 27.4 Å². The van der Waals surface area contributed by atoms with Crippen LogP contribution in [0.25, 0.3) is 5.76 Å². The van der Waals surface area contributed by atoms with Crippen LogP contribution in [0.3, 0.4) is 0 Å². The lowest BCUT2D eigenvalue weighted by Gasteiger charge is -2.28. The molecule has 0 bridgehead atoms. The Hall–Kier alpha value is -3.51. The molecular formula is C25H16BrFO4. The quantitative estimate of drug-likeness (QED) is 0.448. The van der Waals surface area contributed by atoms with Gasteiger partial charge in [-0.3, -0.25) is 4.79 Å². The first-order chi connectivity index (χ1) is 15.0. The average molecular weight is 479 g/mol. The second-order valence-corrected chi connectivity index (χ2v) is 7.80. The van der Waals surface area contributed by atoms with Crippen molar-refractivity contribution in [2.45, 2.75) is 5.92 Å². The second kappa shape index (κ2) is 8.70. The summed E-state index contributed by atoms with van der Waals surface area (Å²) in [6.07, 6.45) is 0. The molecule has 4 rings (SSSR count). The van der Waals surface area contributed by atoms with Crippen molar-refractivity contribution < 1.29 is 23.8 Å². The van der Waals surface area contributed by atoms with E-state index in [-0.39, 0.29) is 11.3 Å². The van der Waals surface area contributed by atoms with Crippen LogP contribution in [-0.2, 0) is 9.53 Å². The highest BCUT2D eigenvalue weighted by Crippen LogP contribution is 2.45. The standard InChI is InChI=1S/C25H16BrFO4/c26-18-13-11-15(12-14-18)19-20(22(28)16-7-3-1-4-8-16)23(17-9-5-2-6-10-17)31-24(27)21(19)25(29)30/h1-14,19H,(H,29,30). The van der Waals surface area contributed by atoms with Crippen molar-refractivity contribution in [2.24, 2.45) is 0 Å². The van der Waals surface area contributed by atoms with Gasteiger partial charge in [0, 0.05) is 15.6 Å². The van der Waals surface area contributed by atoms with Gasteiger partial charge >= 0.3 is 5.97 Å². The molecule has 3 aromatic carbocycles. The molecule has 3 aromatic rings. The van der Waals surface area contributed by atoms with Crippen LogP contribution >= 0.6 is 15.9 Å². The van der Waals surface area contributed by atoms with Crippen LogP contribution in [0.2, 0.25) is 0 Å². The van der Waals surface area contributed by atoms with E-state index in [2.05, 4.69) is 15.9 Å². The lowest BCUT2D eigenvalue weighted by atomic mass is 9.79. The summed E-state index contributed by atoms with van der Waals surface area (Å²) in [5, 5.41) is 9.80. The van der Waals surface area contributed by atoms with Crippen LogP contribution in [0.4, 0.5) is 4.39 Å². The zero-order valence-corrected chi connectivity index (χ0v) is 17.7. The van der Waals surface area contributed by atoms with Gasteiger partial charge in [0.05, 0.1) is 11.5 Å². The lowest BCUT2D eigenvalue weighted by molar-refractivity contribution is -0.133. The highest BCUT2D eigenvalue weighted by molar-refractivity contribution is 9.10. The van der Waals surface area contributed by atoms with Crippen molar-refractivity contribution >= 4 is 33.4 Å². The number of Topliss-reactive ketones (excluding diaryl/α,β-unsaturated/α-hetero) is 1. The van der Waals surface area contributed by atoms with Gasteiger partial charge in [-0.15, -0.1) is 0 Å². The van der Waals surface area contributed by atoms with Crippen molar-refractivity contribution in [3.8, 4) is 0 Å². The number of carbonyl (C=O) groups is 2. The summed E-state index contributed by atoms with van der Waals surface area (Å²) in [6.45, 7) is 0. The normalized spacial score (nSPS) is 16.1. The van der Waals surface area contributed by atoms with Crippen LogP contribution < -0.4 is 0 Å². The van der Waals surface area contributed by atoms with Crippen molar-refractivity contribution in [3.63, 3.8) is 0 Å². The van der Waals surface area contributed by atoms with E-state index in [1.807, 2.05) is 0 Å². The summed E-state index contributed by atoms with van der Waals surface area (Å²) < 4.78 is 21.1. The minimum atomic E-state index is -1.49. The van der Waals surface area contributed by atoms with Gasteiger partial charge in [-0.05, 0) is 17.7 Å². The number of halogens is 2. The Bertz CT molecular complexity index is 1200. The molecule has 1 N–H and O–H groups in total. The number of ketones is 1. The number of hydrogen-bond donors (Lipinski definition) is 1. The minimum absolute atomic E-state index is 0.00451. The molecule has 1 atom stereocenters. The molecule has 1 unspecified atom stereocenters. The first-order valence-corrected chi connectivity index (χ1v) is 10.2. The van der Waals surface area contributed by atoms with Gasteiger partial charge in [-0.2, -0.15) is 4.39 Å². The number of allylic oxidation sites excluding steroid dienone is 1. The maximum Gasteiger partial charge on any atom is 0.338 e. The number of carboxylic acid groups (broad SMARTS) is 1. The van der Waals surface area contributed by atoms with Gasteiger partial charge in [0.2, 0.25) is 0 Å². The molecule has 6 heteroatoms. The molecule has 0 amide bonds. The van der Waals surface area contributed by atoms with E-state index in [1.54, 1.807) is 84.9 Å². The first-order valence-electron chi connectivity index (χ1n) is 9.43. The summed E-state index contributed by atoms with van der Waals surface area (Å²) in [5.41, 5.74) is 0.749. The fraction of sp³-hybridized carbons (Fsp3) is 0.0400. The van der Waals surface area contributed by atoms with E-state index in [0.717, 1.165) is 4.47 Å². The van der Waals surface area contributed by atoms with Crippen molar-refractivity contribution in [2.75, 3.05) is 0 Å². The highest BCUT2D eigenvalue weighted by atomic mass is 79.9. The first kappa shape index (κ1) is 20.8. The topological polar surface area (TPSA) is 63.6 Å². The van der Waals surface area contributed by atoms with Crippen molar-refractivity contribution in [3.05, 3.63) is 123 Å². The molecule has 0 radical (unpaired) electrons. The third kappa shape index (κ3) is 4.07. The molecule has 0 aliphatic carbocycles. The number of hydrogen-bond acceptors (Lipinski definition) is 3. The van der Waals surface area contributed by atoms with Gasteiger partial charge in [0.15, 0.2) is 5.78 Å². The Morgan fingerprint density at radius 1 is 0.839 bits per heavy atom. The van der Waals surface area contributed by atoms with E-state index >= 15 is 4.39 Å². The number of ether oxygens (including phenoxy) is 1. The Balaban J connectivity index is 2.01. The molecular weight excluding hydrogens is 463 g/mol.